The summed E-state index contributed by atoms with van der Waals surface area (Å²) < 4.78 is 0. The number of carbonyl (C=O) groups excluding carboxylic acids is 2. The number of hydrogen-bond donors (Lipinski definition) is 4. The number of phenolic OH excluding ortho intramolecular Hbond substituents is 2. The largest absolute Gasteiger partial charge is 0.507 e. The molecule has 0 aliphatic heterocycles. The van der Waals surface area contributed by atoms with Crippen molar-refractivity contribution in [2.45, 2.75) is 144 Å². The van der Waals surface area contributed by atoms with E-state index in [1.165, 1.54) is 0 Å². The van der Waals surface area contributed by atoms with Crippen molar-refractivity contribution in [3.05, 3.63) is 106 Å². The maximum absolute atomic E-state index is 13.9. The number of rotatable bonds is 10. The molecule has 0 unspecified atom stereocenters. The highest BCUT2D eigenvalue weighted by Crippen LogP contribution is 2.43. The summed E-state index contributed by atoms with van der Waals surface area (Å²) >= 11 is 0. The Morgan fingerprint density at radius 1 is 0.519 bits per heavy atom. The van der Waals surface area contributed by atoms with Crippen LogP contribution in [0.3, 0.4) is 0 Å². The Morgan fingerprint density at radius 3 is 1.15 bits per heavy atom. The van der Waals surface area contributed by atoms with Crippen LogP contribution in [0.1, 0.15) is 159 Å². The summed E-state index contributed by atoms with van der Waals surface area (Å²) in [4.78, 5) is 27.7. The number of amides is 2. The standard InChI is InChI=1S/C48H64N2O4/c1-14-15-16-23-40(49-43(53)32-21-17-19-30(24-32)34-26-36(45(2,3)4)41(51)37(27-34)46(5,6)7)50-44(54)33-22-18-20-31(25-33)35-28-38(47(8,9)10)42(52)39(29-35)48(11,12)13/h17-22,24-29,40,51-52H,14-16,23H2,1-13H3,(H,49,53)(H,50,54). The predicted molar refractivity (Wildman–Crippen MR) is 225 cm³/mol. The average molecular weight is 733 g/mol. The molecule has 4 aromatic carbocycles. The van der Waals surface area contributed by atoms with Crippen molar-refractivity contribution < 1.29 is 19.8 Å². The van der Waals surface area contributed by atoms with Gasteiger partial charge < -0.3 is 20.8 Å². The zero-order valence-corrected chi connectivity index (χ0v) is 35.0. The second-order valence-corrected chi connectivity index (χ2v) is 19.0. The van der Waals surface area contributed by atoms with Crippen LogP contribution in [0.5, 0.6) is 11.5 Å². The molecule has 0 aliphatic rings. The van der Waals surface area contributed by atoms with Gasteiger partial charge in [-0.3, -0.25) is 9.59 Å². The fourth-order valence-electron chi connectivity index (χ4n) is 6.83. The monoisotopic (exact) mass is 732 g/mol. The van der Waals surface area contributed by atoms with Crippen LogP contribution in [-0.2, 0) is 21.7 Å². The lowest BCUT2D eigenvalue weighted by atomic mass is 9.77. The first-order valence-electron chi connectivity index (χ1n) is 19.5. The van der Waals surface area contributed by atoms with Gasteiger partial charge in [-0.15, -0.1) is 0 Å². The van der Waals surface area contributed by atoms with E-state index in [1.807, 2.05) is 60.7 Å². The number of aromatic hydroxyl groups is 2. The zero-order valence-electron chi connectivity index (χ0n) is 35.0. The highest BCUT2D eigenvalue weighted by molar-refractivity contribution is 5.98. The molecular formula is C48H64N2O4. The molecule has 0 spiro atoms. The molecule has 0 heterocycles. The molecule has 6 heteroatoms. The van der Waals surface area contributed by atoms with E-state index in [4.69, 9.17) is 0 Å². The highest BCUT2D eigenvalue weighted by Gasteiger charge is 2.29. The van der Waals surface area contributed by atoms with Gasteiger partial charge in [0.25, 0.3) is 11.8 Å². The van der Waals surface area contributed by atoms with Crippen LogP contribution in [-0.4, -0.2) is 28.2 Å². The van der Waals surface area contributed by atoms with Crippen molar-refractivity contribution in [3.8, 4) is 33.8 Å². The molecule has 0 atom stereocenters. The van der Waals surface area contributed by atoms with Crippen molar-refractivity contribution in [2.24, 2.45) is 0 Å². The molecule has 54 heavy (non-hydrogen) atoms. The van der Waals surface area contributed by atoms with Crippen molar-refractivity contribution in [1.82, 2.24) is 10.6 Å². The Kier molecular flexibility index (Phi) is 12.5. The van der Waals surface area contributed by atoms with E-state index >= 15 is 0 Å². The lowest BCUT2D eigenvalue weighted by Gasteiger charge is -2.28. The van der Waals surface area contributed by atoms with Gasteiger partial charge in [-0.1, -0.05) is 127 Å². The minimum Gasteiger partial charge on any atom is -0.507 e. The Balaban J connectivity index is 1.64. The van der Waals surface area contributed by atoms with Gasteiger partial charge in [0.15, 0.2) is 0 Å². The molecule has 0 aliphatic carbocycles. The quantitative estimate of drug-likeness (QED) is 0.0963. The molecule has 0 saturated heterocycles. The molecule has 4 N–H and O–H groups in total. The number of carbonyl (C=O) groups is 2. The van der Waals surface area contributed by atoms with Gasteiger partial charge in [0.1, 0.15) is 17.7 Å². The third-order valence-electron chi connectivity index (χ3n) is 10.1. The van der Waals surface area contributed by atoms with Crippen LogP contribution < -0.4 is 10.6 Å². The van der Waals surface area contributed by atoms with Crippen molar-refractivity contribution >= 4 is 11.8 Å². The van der Waals surface area contributed by atoms with Gasteiger partial charge in [0.2, 0.25) is 0 Å². The molecule has 0 fully saturated rings. The third kappa shape index (κ3) is 10.1. The number of hydrogen-bond acceptors (Lipinski definition) is 4. The van der Waals surface area contributed by atoms with Crippen molar-refractivity contribution in [2.75, 3.05) is 0 Å². The summed E-state index contributed by atoms with van der Waals surface area (Å²) in [6.07, 6.45) is 2.85. The van der Waals surface area contributed by atoms with Gasteiger partial charge in [-0.2, -0.15) is 0 Å². The summed E-state index contributed by atoms with van der Waals surface area (Å²) in [6, 6.07) is 23.2. The summed E-state index contributed by atoms with van der Waals surface area (Å²) in [5.74, 6) is 0.0889. The molecule has 0 radical (unpaired) electrons. The van der Waals surface area contributed by atoms with Gasteiger partial charge in [-0.25, -0.2) is 0 Å². The number of nitrogens with one attached hydrogen (secondary N) is 2. The van der Waals surface area contributed by atoms with Crippen molar-refractivity contribution in [1.29, 1.82) is 0 Å². The minimum absolute atomic E-state index is 0.272. The van der Waals surface area contributed by atoms with Crippen LogP contribution in [0.2, 0.25) is 0 Å². The van der Waals surface area contributed by atoms with Crippen LogP contribution in [0.15, 0.2) is 72.8 Å². The first-order chi connectivity index (χ1) is 24.9. The first kappa shape index (κ1) is 42.2. The predicted octanol–water partition coefficient (Wildman–Crippen LogP) is 11.7. The summed E-state index contributed by atoms with van der Waals surface area (Å²) in [5, 5.41) is 28.8. The topological polar surface area (TPSA) is 98.7 Å². The summed E-state index contributed by atoms with van der Waals surface area (Å²) in [5.41, 5.74) is 6.89. The fraction of sp³-hybridized carbons (Fsp3) is 0.458. The number of benzene rings is 4. The molecule has 0 aromatic heterocycles. The van der Waals surface area contributed by atoms with Gasteiger partial charge in [0, 0.05) is 33.4 Å². The smallest absolute Gasteiger partial charge is 0.252 e. The Labute approximate surface area is 324 Å². The molecule has 4 aromatic rings. The molecule has 290 valence electrons. The van der Waals surface area contributed by atoms with Crippen LogP contribution in [0, 0.1) is 0 Å². The van der Waals surface area contributed by atoms with Gasteiger partial charge >= 0.3 is 0 Å². The molecule has 6 nitrogen and oxygen atoms in total. The average Bonchev–Trinajstić information content (AvgIpc) is 3.06. The van der Waals surface area contributed by atoms with E-state index in [0.717, 1.165) is 63.8 Å². The third-order valence-corrected chi connectivity index (χ3v) is 10.1. The first-order valence-corrected chi connectivity index (χ1v) is 19.5. The number of unbranched alkanes of at least 4 members (excludes halogenated alkanes) is 2. The number of phenols is 2. The maximum atomic E-state index is 13.9. The highest BCUT2D eigenvalue weighted by atomic mass is 16.3. The van der Waals surface area contributed by atoms with E-state index in [2.05, 4.69) is 101 Å². The van der Waals surface area contributed by atoms with Crippen LogP contribution in [0.25, 0.3) is 22.3 Å². The summed E-state index contributed by atoms with van der Waals surface area (Å²) in [7, 11) is 0. The van der Waals surface area contributed by atoms with E-state index in [0.29, 0.717) is 29.0 Å². The Hall–Kier alpha value is -4.58. The minimum atomic E-state index is -0.578. The van der Waals surface area contributed by atoms with E-state index in [-0.39, 0.29) is 33.5 Å². The molecule has 0 bridgehead atoms. The van der Waals surface area contributed by atoms with Gasteiger partial charge in [-0.05, 0) is 105 Å². The van der Waals surface area contributed by atoms with E-state index in [9.17, 15) is 19.8 Å². The summed E-state index contributed by atoms with van der Waals surface area (Å²) in [6.45, 7) is 27.2. The molecule has 2 amide bonds. The van der Waals surface area contributed by atoms with E-state index < -0.39 is 6.17 Å². The Bertz CT molecular complexity index is 1770. The van der Waals surface area contributed by atoms with Crippen LogP contribution in [0.4, 0.5) is 0 Å². The lowest BCUT2D eigenvalue weighted by Crippen LogP contribution is -2.48. The fourth-order valence-corrected chi connectivity index (χ4v) is 6.83. The SMILES string of the molecule is CCCCCC(NC(=O)c1cccc(-c2cc(C(C)(C)C)c(O)c(C(C)(C)C)c2)c1)NC(=O)c1cccc(-c2cc(C(C)(C)C)c(O)c(C(C)(C)C)c2)c1. The normalized spacial score (nSPS) is 12.6. The second kappa shape index (κ2) is 16.0. The van der Waals surface area contributed by atoms with Gasteiger partial charge in [0.05, 0.1) is 0 Å². The Morgan fingerprint density at radius 2 is 0.852 bits per heavy atom. The zero-order chi connectivity index (χ0) is 40.4. The van der Waals surface area contributed by atoms with E-state index in [1.54, 1.807) is 12.1 Å². The molecular weight excluding hydrogens is 669 g/mol. The second-order valence-electron chi connectivity index (χ2n) is 19.0. The molecule has 4 rings (SSSR count). The van der Waals surface area contributed by atoms with Crippen molar-refractivity contribution in [3.63, 3.8) is 0 Å². The molecule has 0 saturated carbocycles. The van der Waals surface area contributed by atoms with Crippen LogP contribution >= 0.6 is 0 Å². The lowest BCUT2D eigenvalue weighted by molar-refractivity contribution is 0.0878. The maximum Gasteiger partial charge on any atom is 0.252 e.